The normalized spacial score (nSPS) is 10.5. The van der Waals surface area contributed by atoms with Crippen molar-refractivity contribution in [1.82, 2.24) is 10.2 Å². The molecule has 5 nitrogen and oxygen atoms in total. The second kappa shape index (κ2) is 12.0. The van der Waals surface area contributed by atoms with Gasteiger partial charge in [0.25, 0.3) is 5.91 Å². The van der Waals surface area contributed by atoms with Crippen LogP contribution in [0.1, 0.15) is 13.3 Å². The van der Waals surface area contributed by atoms with E-state index in [4.69, 9.17) is 10.00 Å². The Morgan fingerprint density at radius 3 is 2.55 bits per heavy atom. The van der Waals surface area contributed by atoms with Crippen LogP contribution in [0.2, 0.25) is 0 Å². The fourth-order valence-corrected chi connectivity index (χ4v) is 1.46. The lowest BCUT2D eigenvalue weighted by molar-refractivity contribution is -0.125. The number of carbonyl (C=O) groups excluding carboxylic acids is 1. The number of hydrogen-bond acceptors (Lipinski definition) is 4. The number of nitrogens with one attached hydrogen (secondary N) is 1. The monoisotopic (exact) mass is 277 g/mol. The Balaban J connectivity index is 4.40. The SMILES string of the molecule is C=CCN(CC=C)C(=O)/C(C#N)=C\NCCCOCC. The van der Waals surface area contributed by atoms with Gasteiger partial charge in [0.15, 0.2) is 0 Å². The standard InChI is InChI=1S/C15H23N3O2/c1-4-9-18(10-5-2)15(19)14(12-16)13-17-8-7-11-20-6-3/h4-5,13,17H,1-2,6-11H2,3H3/b14-13-. The van der Waals surface area contributed by atoms with Gasteiger partial charge in [-0.2, -0.15) is 5.26 Å². The third-order valence-corrected chi connectivity index (χ3v) is 2.40. The van der Waals surface area contributed by atoms with Gasteiger partial charge < -0.3 is 15.0 Å². The minimum Gasteiger partial charge on any atom is -0.390 e. The first kappa shape index (κ1) is 17.9. The van der Waals surface area contributed by atoms with Crippen molar-refractivity contribution in [3.8, 4) is 6.07 Å². The van der Waals surface area contributed by atoms with Gasteiger partial charge in [-0.15, -0.1) is 13.2 Å². The van der Waals surface area contributed by atoms with Gasteiger partial charge >= 0.3 is 0 Å². The predicted octanol–water partition coefficient (Wildman–Crippen LogP) is 1.61. The van der Waals surface area contributed by atoms with Gasteiger partial charge in [-0.25, -0.2) is 0 Å². The topological polar surface area (TPSA) is 65.4 Å². The van der Waals surface area contributed by atoms with E-state index in [0.717, 1.165) is 6.42 Å². The maximum Gasteiger partial charge on any atom is 0.266 e. The molecule has 0 aliphatic carbocycles. The first-order valence-electron chi connectivity index (χ1n) is 6.63. The highest BCUT2D eigenvalue weighted by Gasteiger charge is 2.15. The van der Waals surface area contributed by atoms with Crippen LogP contribution in [-0.4, -0.2) is 43.7 Å². The number of amides is 1. The molecule has 1 N–H and O–H groups in total. The number of nitriles is 1. The largest absolute Gasteiger partial charge is 0.390 e. The van der Waals surface area contributed by atoms with E-state index in [9.17, 15) is 4.79 Å². The highest BCUT2D eigenvalue weighted by atomic mass is 16.5. The highest BCUT2D eigenvalue weighted by molar-refractivity contribution is 5.97. The van der Waals surface area contributed by atoms with Crippen LogP contribution in [-0.2, 0) is 9.53 Å². The summed E-state index contributed by atoms with van der Waals surface area (Å²) in [5, 5.41) is 12.0. The van der Waals surface area contributed by atoms with Crippen LogP contribution in [0.5, 0.6) is 0 Å². The van der Waals surface area contributed by atoms with Crippen molar-refractivity contribution in [1.29, 1.82) is 5.26 Å². The number of carbonyl (C=O) groups is 1. The lowest BCUT2D eigenvalue weighted by Crippen LogP contribution is -2.32. The third-order valence-electron chi connectivity index (χ3n) is 2.40. The van der Waals surface area contributed by atoms with Gasteiger partial charge in [0.05, 0.1) is 0 Å². The van der Waals surface area contributed by atoms with E-state index < -0.39 is 0 Å². The summed E-state index contributed by atoms with van der Waals surface area (Å²) in [6.45, 7) is 11.9. The van der Waals surface area contributed by atoms with Gasteiger partial charge in [0.1, 0.15) is 11.6 Å². The van der Waals surface area contributed by atoms with Crippen LogP contribution in [0.3, 0.4) is 0 Å². The summed E-state index contributed by atoms with van der Waals surface area (Å²) in [4.78, 5) is 13.6. The van der Waals surface area contributed by atoms with E-state index in [-0.39, 0.29) is 11.5 Å². The maximum absolute atomic E-state index is 12.1. The summed E-state index contributed by atoms with van der Waals surface area (Å²) >= 11 is 0. The van der Waals surface area contributed by atoms with E-state index >= 15 is 0 Å². The molecule has 20 heavy (non-hydrogen) atoms. The van der Waals surface area contributed by atoms with Gasteiger partial charge in [0.2, 0.25) is 0 Å². The first-order chi connectivity index (χ1) is 9.71. The Bertz CT molecular complexity index is 373. The molecule has 5 heteroatoms. The summed E-state index contributed by atoms with van der Waals surface area (Å²) < 4.78 is 5.19. The number of ether oxygens (including phenoxy) is 1. The molecule has 0 fully saturated rings. The summed E-state index contributed by atoms with van der Waals surface area (Å²) in [5.74, 6) is -0.329. The number of rotatable bonds is 11. The second-order valence-corrected chi connectivity index (χ2v) is 3.96. The third kappa shape index (κ3) is 7.39. The zero-order chi connectivity index (χ0) is 15.2. The average Bonchev–Trinajstić information content (AvgIpc) is 2.46. The molecule has 0 aromatic heterocycles. The Morgan fingerprint density at radius 2 is 2.05 bits per heavy atom. The fourth-order valence-electron chi connectivity index (χ4n) is 1.46. The average molecular weight is 277 g/mol. The smallest absolute Gasteiger partial charge is 0.266 e. The molecule has 0 aromatic carbocycles. The second-order valence-electron chi connectivity index (χ2n) is 3.96. The van der Waals surface area contributed by atoms with Crippen LogP contribution in [0, 0.1) is 11.3 Å². The summed E-state index contributed by atoms with van der Waals surface area (Å²) in [6, 6.07) is 1.91. The quantitative estimate of drug-likeness (QED) is 0.270. The Hall–Kier alpha value is -2.06. The molecule has 0 rings (SSSR count). The molecule has 0 radical (unpaired) electrons. The van der Waals surface area contributed by atoms with Crippen LogP contribution in [0.4, 0.5) is 0 Å². The molecule has 0 saturated heterocycles. The van der Waals surface area contributed by atoms with Crippen LogP contribution in [0.15, 0.2) is 37.1 Å². The molecule has 0 saturated carbocycles. The highest BCUT2D eigenvalue weighted by Crippen LogP contribution is 2.01. The Labute approximate surface area is 121 Å². The van der Waals surface area contributed by atoms with Crippen molar-refractivity contribution in [2.75, 3.05) is 32.8 Å². The van der Waals surface area contributed by atoms with Crippen molar-refractivity contribution in [2.45, 2.75) is 13.3 Å². The molecule has 0 aliphatic heterocycles. The van der Waals surface area contributed by atoms with Crippen LogP contribution in [0.25, 0.3) is 0 Å². The van der Waals surface area contributed by atoms with Gasteiger partial charge in [-0.3, -0.25) is 4.79 Å². The number of nitrogens with zero attached hydrogens (tertiary/aromatic N) is 2. The summed E-state index contributed by atoms with van der Waals surface area (Å²) in [6.07, 6.45) is 5.51. The molecule has 0 atom stereocenters. The molecule has 0 aromatic rings. The molecule has 0 aliphatic rings. The molecular formula is C15H23N3O2. The van der Waals surface area contributed by atoms with Crippen molar-refractivity contribution in [2.24, 2.45) is 0 Å². The Morgan fingerprint density at radius 1 is 1.40 bits per heavy atom. The van der Waals surface area contributed by atoms with Crippen LogP contribution >= 0.6 is 0 Å². The molecule has 0 unspecified atom stereocenters. The van der Waals surface area contributed by atoms with Crippen molar-refractivity contribution in [3.05, 3.63) is 37.1 Å². The van der Waals surface area contributed by atoms with E-state index in [1.54, 1.807) is 12.2 Å². The zero-order valence-electron chi connectivity index (χ0n) is 12.1. The minimum atomic E-state index is -0.329. The molecule has 110 valence electrons. The lowest BCUT2D eigenvalue weighted by Gasteiger charge is -2.18. The maximum atomic E-state index is 12.1. The Kier molecular flexibility index (Phi) is 10.8. The van der Waals surface area contributed by atoms with Gasteiger partial charge in [0, 0.05) is 39.0 Å². The van der Waals surface area contributed by atoms with Gasteiger partial charge in [-0.05, 0) is 13.3 Å². The van der Waals surface area contributed by atoms with Crippen molar-refractivity contribution in [3.63, 3.8) is 0 Å². The number of hydrogen-bond donors (Lipinski definition) is 1. The van der Waals surface area contributed by atoms with E-state index in [1.807, 2.05) is 13.0 Å². The summed E-state index contributed by atoms with van der Waals surface area (Å²) in [7, 11) is 0. The van der Waals surface area contributed by atoms with E-state index in [1.165, 1.54) is 11.1 Å². The molecular weight excluding hydrogens is 254 g/mol. The van der Waals surface area contributed by atoms with Gasteiger partial charge in [-0.1, -0.05) is 12.2 Å². The first-order valence-corrected chi connectivity index (χ1v) is 6.63. The van der Waals surface area contributed by atoms with Crippen molar-refractivity contribution >= 4 is 5.91 Å². The zero-order valence-corrected chi connectivity index (χ0v) is 12.1. The predicted molar refractivity (Wildman–Crippen MR) is 79.8 cm³/mol. The fraction of sp³-hybridized carbons (Fsp3) is 0.467. The van der Waals surface area contributed by atoms with E-state index in [0.29, 0.717) is 32.8 Å². The van der Waals surface area contributed by atoms with Crippen molar-refractivity contribution < 1.29 is 9.53 Å². The molecule has 1 amide bonds. The molecule has 0 bridgehead atoms. The lowest BCUT2D eigenvalue weighted by atomic mass is 10.2. The van der Waals surface area contributed by atoms with Crippen LogP contribution < -0.4 is 5.32 Å². The minimum absolute atomic E-state index is 0.0742. The molecule has 0 heterocycles. The van der Waals surface area contributed by atoms with E-state index in [2.05, 4.69) is 18.5 Å². The molecule has 0 spiro atoms. The summed E-state index contributed by atoms with van der Waals surface area (Å²) in [5.41, 5.74) is 0.0742.